The van der Waals surface area contributed by atoms with Crippen molar-refractivity contribution in [1.29, 1.82) is 10.5 Å². The number of aryl methyl sites for hydroxylation is 2. The van der Waals surface area contributed by atoms with Gasteiger partial charge in [-0.2, -0.15) is 20.7 Å². The molecule has 0 radical (unpaired) electrons. The van der Waals surface area contributed by atoms with Gasteiger partial charge in [-0.05, 0) is 31.2 Å². The lowest BCUT2D eigenvalue weighted by molar-refractivity contribution is 0.0513. The van der Waals surface area contributed by atoms with Gasteiger partial charge in [-0.25, -0.2) is 9.59 Å². The van der Waals surface area contributed by atoms with Gasteiger partial charge in [0, 0.05) is 25.2 Å². The van der Waals surface area contributed by atoms with Crippen LogP contribution in [0.25, 0.3) is 22.5 Å². The highest BCUT2D eigenvalue weighted by atomic mass is 35.5. The standard InChI is InChI=1S/C14H12ClN3O2.C12H8ClN3O2/c1-3-20-14(19)13-11(15)12(17-18(13)2)10-6-4-9(8-16)5-7-10;1-16-11(12(17)18)9(13)10(15-16)8-4-2-7(6-14)3-5-8/h4-7H,3H2,1-2H3;2-5H,1H3,(H,17,18). The van der Waals surface area contributed by atoms with Crippen LogP contribution < -0.4 is 0 Å². The SMILES string of the molecule is CCOC(=O)c1c(Cl)c(-c2ccc(C#N)cc2)nn1C.Cn1nc(-c2ccc(C#N)cc2)c(Cl)c1C(=O)O. The Morgan fingerprint density at radius 1 is 0.842 bits per heavy atom. The van der Waals surface area contributed by atoms with E-state index in [2.05, 4.69) is 10.2 Å². The van der Waals surface area contributed by atoms with E-state index in [-0.39, 0.29) is 28.0 Å². The Morgan fingerprint density at radius 2 is 1.24 bits per heavy atom. The van der Waals surface area contributed by atoms with E-state index < -0.39 is 11.9 Å². The van der Waals surface area contributed by atoms with Crippen molar-refractivity contribution in [1.82, 2.24) is 19.6 Å². The Morgan fingerprint density at radius 3 is 1.58 bits per heavy atom. The van der Waals surface area contributed by atoms with Crippen molar-refractivity contribution in [3.8, 4) is 34.7 Å². The summed E-state index contributed by atoms with van der Waals surface area (Å²) in [5, 5.41) is 35.1. The minimum atomic E-state index is -1.13. The van der Waals surface area contributed by atoms with Crippen LogP contribution >= 0.6 is 23.2 Å². The average molecular weight is 551 g/mol. The summed E-state index contributed by atoms with van der Waals surface area (Å²) in [6, 6.07) is 17.5. The summed E-state index contributed by atoms with van der Waals surface area (Å²) in [6.07, 6.45) is 0. The average Bonchev–Trinajstić information content (AvgIpc) is 3.38. The number of carbonyl (C=O) groups is 2. The molecule has 2 heterocycles. The summed E-state index contributed by atoms with van der Waals surface area (Å²) >= 11 is 12.2. The van der Waals surface area contributed by atoms with Crippen molar-refractivity contribution < 1.29 is 19.4 Å². The van der Waals surface area contributed by atoms with Crippen molar-refractivity contribution in [2.24, 2.45) is 14.1 Å². The normalized spacial score (nSPS) is 10.1. The molecule has 0 aliphatic heterocycles. The van der Waals surface area contributed by atoms with E-state index >= 15 is 0 Å². The number of carboxylic acid groups (broad SMARTS) is 1. The van der Waals surface area contributed by atoms with Gasteiger partial charge in [0.05, 0.1) is 29.9 Å². The quantitative estimate of drug-likeness (QED) is 0.337. The summed E-state index contributed by atoms with van der Waals surface area (Å²) in [7, 11) is 3.15. The van der Waals surface area contributed by atoms with Crippen molar-refractivity contribution in [3.05, 3.63) is 81.1 Å². The lowest BCUT2D eigenvalue weighted by Gasteiger charge is -2.01. The predicted molar refractivity (Wildman–Crippen MR) is 140 cm³/mol. The first-order valence-corrected chi connectivity index (χ1v) is 11.7. The van der Waals surface area contributed by atoms with E-state index in [1.165, 1.54) is 16.4 Å². The number of aromatic nitrogens is 4. The Labute approximate surface area is 227 Å². The highest BCUT2D eigenvalue weighted by Crippen LogP contribution is 2.31. The summed E-state index contributed by atoms with van der Waals surface area (Å²) < 4.78 is 7.57. The van der Waals surface area contributed by atoms with Crippen molar-refractivity contribution in [3.63, 3.8) is 0 Å². The molecule has 0 spiro atoms. The molecule has 2 aromatic heterocycles. The van der Waals surface area contributed by atoms with E-state index in [4.69, 9.17) is 43.6 Å². The van der Waals surface area contributed by atoms with Crippen molar-refractivity contribution in [2.75, 3.05) is 6.61 Å². The molecule has 0 saturated carbocycles. The van der Waals surface area contributed by atoms with E-state index in [9.17, 15) is 9.59 Å². The van der Waals surface area contributed by atoms with E-state index in [0.29, 0.717) is 28.1 Å². The van der Waals surface area contributed by atoms with Gasteiger partial charge in [-0.3, -0.25) is 9.36 Å². The monoisotopic (exact) mass is 550 g/mol. The fourth-order valence-corrected chi connectivity index (χ4v) is 4.12. The maximum Gasteiger partial charge on any atom is 0.358 e. The molecule has 0 amide bonds. The molecule has 1 N–H and O–H groups in total. The Bertz CT molecular complexity index is 1580. The summed E-state index contributed by atoms with van der Waals surface area (Å²) in [6.45, 7) is 2.00. The van der Waals surface area contributed by atoms with Gasteiger partial charge in [0.15, 0.2) is 11.4 Å². The molecule has 0 unspecified atom stereocenters. The zero-order chi connectivity index (χ0) is 28.0. The van der Waals surface area contributed by atoms with Gasteiger partial charge < -0.3 is 9.84 Å². The third-order valence-corrected chi connectivity index (χ3v) is 5.94. The zero-order valence-corrected chi connectivity index (χ0v) is 21.9. The highest BCUT2D eigenvalue weighted by molar-refractivity contribution is 6.36. The molecule has 0 aliphatic rings. The van der Waals surface area contributed by atoms with Gasteiger partial charge >= 0.3 is 11.9 Å². The minimum Gasteiger partial charge on any atom is -0.476 e. The molecule has 0 bridgehead atoms. The van der Waals surface area contributed by atoms with Crippen LogP contribution in [0.4, 0.5) is 0 Å². The Hall–Kier alpha value is -4.64. The number of esters is 1. The van der Waals surface area contributed by atoms with Gasteiger partial charge in [0.25, 0.3) is 0 Å². The summed E-state index contributed by atoms with van der Waals surface area (Å²) in [5.74, 6) is -1.64. The predicted octanol–water partition coefficient (Wildman–Crippen LogP) is 5.10. The fourth-order valence-electron chi connectivity index (χ4n) is 3.42. The zero-order valence-electron chi connectivity index (χ0n) is 20.4. The Balaban J connectivity index is 0.000000212. The van der Waals surface area contributed by atoms with Crippen LogP contribution in [0.3, 0.4) is 0 Å². The van der Waals surface area contributed by atoms with Crippen LogP contribution in [0, 0.1) is 22.7 Å². The molecule has 4 rings (SSSR count). The second kappa shape index (κ2) is 12.1. The molecule has 0 atom stereocenters. The van der Waals surface area contributed by atoms with Crippen LogP contribution in [-0.2, 0) is 18.8 Å². The molecule has 38 heavy (non-hydrogen) atoms. The molecular formula is C26H20Cl2N6O4. The maximum absolute atomic E-state index is 11.8. The van der Waals surface area contributed by atoms with Crippen LogP contribution in [0.15, 0.2) is 48.5 Å². The molecule has 192 valence electrons. The van der Waals surface area contributed by atoms with Gasteiger partial charge in [0.1, 0.15) is 21.4 Å². The number of carboxylic acids is 1. The number of aromatic carboxylic acids is 1. The third kappa shape index (κ3) is 5.84. The molecule has 0 fully saturated rings. The molecular weight excluding hydrogens is 531 g/mol. The number of benzene rings is 2. The Kier molecular flexibility index (Phi) is 8.87. The van der Waals surface area contributed by atoms with E-state index in [1.54, 1.807) is 62.5 Å². The minimum absolute atomic E-state index is 0.0592. The summed E-state index contributed by atoms with van der Waals surface area (Å²) in [4.78, 5) is 22.8. The molecule has 10 nitrogen and oxygen atoms in total. The smallest absolute Gasteiger partial charge is 0.358 e. The second-order valence-corrected chi connectivity index (χ2v) is 8.43. The summed E-state index contributed by atoms with van der Waals surface area (Å²) in [5.41, 5.74) is 3.50. The number of hydrogen-bond acceptors (Lipinski definition) is 7. The number of hydrogen-bond donors (Lipinski definition) is 1. The van der Waals surface area contributed by atoms with Crippen molar-refractivity contribution in [2.45, 2.75) is 6.92 Å². The third-order valence-electron chi connectivity index (χ3n) is 5.23. The molecule has 0 aliphatic carbocycles. The van der Waals surface area contributed by atoms with Gasteiger partial charge in [-0.1, -0.05) is 47.5 Å². The van der Waals surface area contributed by atoms with Crippen LogP contribution in [-0.4, -0.2) is 43.2 Å². The first-order chi connectivity index (χ1) is 18.1. The molecule has 12 heteroatoms. The maximum atomic E-state index is 11.8. The van der Waals surface area contributed by atoms with Crippen LogP contribution in [0.5, 0.6) is 0 Å². The topological polar surface area (TPSA) is 147 Å². The molecule has 0 saturated heterocycles. The molecule has 2 aromatic carbocycles. The lowest BCUT2D eigenvalue weighted by atomic mass is 10.1. The highest BCUT2D eigenvalue weighted by Gasteiger charge is 2.23. The van der Waals surface area contributed by atoms with Gasteiger partial charge in [-0.15, -0.1) is 0 Å². The number of carbonyl (C=O) groups excluding carboxylic acids is 1. The van der Waals surface area contributed by atoms with E-state index in [0.717, 1.165) is 5.56 Å². The number of ether oxygens (including phenoxy) is 1. The fraction of sp³-hybridized carbons (Fsp3) is 0.154. The van der Waals surface area contributed by atoms with E-state index in [1.807, 2.05) is 12.1 Å². The number of nitrogens with zero attached hydrogens (tertiary/aromatic N) is 6. The van der Waals surface area contributed by atoms with Crippen LogP contribution in [0.2, 0.25) is 10.0 Å². The lowest BCUT2D eigenvalue weighted by Crippen LogP contribution is -2.10. The first-order valence-electron chi connectivity index (χ1n) is 11.0. The largest absolute Gasteiger partial charge is 0.476 e. The first kappa shape index (κ1) is 27.9. The van der Waals surface area contributed by atoms with Crippen molar-refractivity contribution >= 4 is 35.1 Å². The molecule has 4 aromatic rings. The number of rotatable bonds is 5. The number of nitriles is 2. The second-order valence-electron chi connectivity index (χ2n) is 7.67. The number of halogens is 2. The van der Waals surface area contributed by atoms with Crippen LogP contribution in [0.1, 0.15) is 39.0 Å². The van der Waals surface area contributed by atoms with Gasteiger partial charge in [0.2, 0.25) is 0 Å².